The van der Waals surface area contributed by atoms with Gasteiger partial charge in [0.25, 0.3) is 22.8 Å². The Hall–Kier alpha value is -6.61. The van der Waals surface area contributed by atoms with Crippen LogP contribution in [0.1, 0.15) is 72.0 Å². The summed E-state index contributed by atoms with van der Waals surface area (Å²) in [6.45, 7) is 29.9. The number of benzene rings is 2. The van der Waals surface area contributed by atoms with Gasteiger partial charge in [-0.1, -0.05) is 77.9 Å². The first-order valence-corrected chi connectivity index (χ1v) is 16.0. The monoisotopic (exact) mass is 687 g/mol. The SMILES string of the molecule is CC1=NN(c2ccccc2)C(=O)C1.[C-]#[N+]c1c(N)n[nH]c1C(C)(C)C.[C-]#[N+]c1c(N=Nc2c(C)[nH]n(-c3ccccc3)c2=O)n[nH]c1C(C)(C)C. The number of azo groups is 1. The van der Waals surface area contributed by atoms with E-state index in [1.165, 1.54) is 9.69 Å². The molecule has 3 aromatic heterocycles. The van der Waals surface area contributed by atoms with Crippen LogP contribution in [0.2, 0.25) is 0 Å². The number of para-hydroxylation sites is 2. The molecule has 1 amide bonds. The van der Waals surface area contributed by atoms with Gasteiger partial charge in [-0.15, -0.1) is 10.2 Å². The first-order chi connectivity index (χ1) is 24.1. The Balaban J connectivity index is 0.000000194. The molecule has 0 saturated heterocycles. The maximum atomic E-state index is 12.6. The Bertz CT molecular complexity index is 2190. The van der Waals surface area contributed by atoms with Gasteiger partial charge in [0.05, 0.1) is 36.6 Å². The smallest absolute Gasteiger partial charge is 0.299 e. The minimum absolute atomic E-state index is 0.0451. The third-order valence-electron chi connectivity index (χ3n) is 7.43. The molecule has 0 saturated carbocycles. The van der Waals surface area contributed by atoms with E-state index in [0.29, 0.717) is 34.9 Å². The molecule has 0 bridgehead atoms. The molecule has 0 atom stereocenters. The number of hydrogen-bond donors (Lipinski definition) is 4. The molecule has 2 aromatic carbocycles. The fraction of sp³-hybridized carbons (Fsp3) is 0.306. The van der Waals surface area contributed by atoms with Crippen LogP contribution in [0, 0.1) is 20.1 Å². The van der Waals surface area contributed by atoms with E-state index in [9.17, 15) is 9.59 Å². The Morgan fingerprint density at radius 3 is 1.80 bits per heavy atom. The lowest BCUT2D eigenvalue weighted by Crippen LogP contribution is -2.19. The summed E-state index contributed by atoms with van der Waals surface area (Å²) in [5.74, 6) is 0.509. The number of aryl methyl sites for hydroxylation is 1. The summed E-state index contributed by atoms with van der Waals surface area (Å²) in [4.78, 5) is 30.9. The molecule has 0 aliphatic carbocycles. The number of hydrogen-bond acceptors (Lipinski definition) is 8. The Kier molecular flexibility index (Phi) is 11.2. The molecule has 4 heterocycles. The largest absolute Gasteiger partial charge is 0.391 e. The van der Waals surface area contributed by atoms with E-state index in [2.05, 4.69) is 50.5 Å². The minimum atomic E-state index is -0.312. The summed E-state index contributed by atoms with van der Waals surface area (Å²) in [5.41, 5.74) is 10.2. The van der Waals surface area contributed by atoms with Crippen molar-refractivity contribution < 1.29 is 4.79 Å². The normalized spacial score (nSPS) is 12.8. The number of carbonyl (C=O) groups is 1. The van der Waals surface area contributed by atoms with Crippen LogP contribution in [-0.4, -0.2) is 41.8 Å². The maximum absolute atomic E-state index is 12.6. The van der Waals surface area contributed by atoms with Gasteiger partial charge >= 0.3 is 0 Å². The lowest BCUT2D eigenvalue weighted by Gasteiger charge is -2.16. The van der Waals surface area contributed by atoms with Crippen molar-refractivity contribution in [1.29, 1.82) is 0 Å². The summed E-state index contributed by atoms with van der Waals surface area (Å²) in [6.07, 6.45) is 0.439. The van der Waals surface area contributed by atoms with Crippen LogP contribution in [0.15, 0.2) is 80.8 Å². The van der Waals surface area contributed by atoms with Crippen molar-refractivity contribution in [2.45, 2.75) is 72.6 Å². The average molecular weight is 688 g/mol. The van der Waals surface area contributed by atoms with Gasteiger partial charge in [0.15, 0.2) is 11.5 Å². The van der Waals surface area contributed by atoms with Crippen molar-refractivity contribution in [1.82, 2.24) is 30.2 Å². The van der Waals surface area contributed by atoms with Gasteiger partial charge in [0.2, 0.25) is 5.82 Å². The molecule has 5 aromatic rings. The molecular weight excluding hydrogens is 646 g/mol. The average Bonchev–Trinajstić information content (AvgIpc) is 3.85. The number of amides is 1. The zero-order valence-electron chi connectivity index (χ0n) is 29.9. The molecule has 0 radical (unpaired) electrons. The molecule has 15 heteroatoms. The summed E-state index contributed by atoms with van der Waals surface area (Å²) in [5, 5.41) is 30.2. The van der Waals surface area contributed by atoms with E-state index in [1.54, 1.807) is 6.92 Å². The molecule has 0 spiro atoms. The summed E-state index contributed by atoms with van der Waals surface area (Å²) >= 11 is 0. The van der Waals surface area contributed by atoms with Crippen molar-refractivity contribution >= 4 is 46.0 Å². The Morgan fingerprint density at radius 2 is 1.31 bits per heavy atom. The van der Waals surface area contributed by atoms with Gasteiger partial charge in [0, 0.05) is 17.1 Å². The third-order valence-corrected chi connectivity index (χ3v) is 7.43. The van der Waals surface area contributed by atoms with Crippen molar-refractivity contribution in [2.75, 3.05) is 10.7 Å². The second kappa shape index (κ2) is 15.3. The maximum Gasteiger partial charge on any atom is 0.299 e. The number of aromatic nitrogens is 6. The molecule has 51 heavy (non-hydrogen) atoms. The minimum Gasteiger partial charge on any atom is -0.391 e. The number of nitrogens with zero attached hydrogens (tertiary/aromatic N) is 9. The van der Waals surface area contributed by atoms with Crippen LogP contribution in [0.25, 0.3) is 15.4 Å². The number of nitrogens with one attached hydrogen (secondary N) is 3. The van der Waals surface area contributed by atoms with E-state index in [0.717, 1.165) is 17.1 Å². The van der Waals surface area contributed by atoms with E-state index < -0.39 is 0 Å². The lowest BCUT2D eigenvalue weighted by molar-refractivity contribution is -0.116. The molecule has 5 N–H and O–H groups in total. The van der Waals surface area contributed by atoms with Gasteiger partial charge in [-0.25, -0.2) is 19.4 Å². The Morgan fingerprint density at radius 1 is 0.784 bits per heavy atom. The number of anilines is 2. The van der Waals surface area contributed by atoms with Crippen LogP contribution in [0.4, 0.5) is 34.4 Å². The van der Waals surface area contributed by atoms with E-state index in [1.807, 2.05) is 109 Å². The fourth-order valence-corrected chi connectivity index (χ4v) is 4.85. The van der Waals surface area contributed by atoms with Crippen LogP contribution in [-0.2, 0) is 15.6 Å². The molecule has 15 nitrogen and oxygen atoms in total. The highest BCUT2D eigenvalue weighted by molar-refractivity contribution is 6.12. The van der Waals surface area contributed by atoms with E-state index in [-0.39, 0.29) is 39.6 Å². The standard InChI is InChI=1S/C18H19N7O.C10H10N2O.C8H12N4/c1-11-13(17(26)25(24-11)12-9-7-6-8-10-12)20-22-16-14(19-5)15(21-23-16)18(2,3)4;1-8-7-10(13)12(11-8)9-5-3-2-4-6-9;1-8(2,3)6-5(10-4)7(9)12-11-6/h6-10,24H,1-4H3,(H,21,23);2-6H,7H2,1H3;1-3H3,(H3,9,11,12). The predicted molar refractivity (Wildman–Crippen MR) is 198 cm³/mol. The van der Waals surface area contributed by atoms with Gasteiger partial charge < -0.3 is 5.73 Å². The highest BCUT2D eigenvalue weighted by atomic mass is 16.2. The molecular formula is C36H41N13O2. The molecule has 1 aliphatic heterocycles. The van der Waals surface area contributed by atoms with Crippen LogP contribution >= 0.6 is 0 Å². The van der Waals surface area contributed by atoms with Gasteiger partial charge in [0.1, 0.15) is 0 Å². The highest BCUT2D eigenvalue weighted by Crippen LogP contribution is 2.37. The number of H-pyrrole nitrogens is 3. The van der Waals surface area contributed by atoms with Gasteiger partial charge in [-0.2, -0.15) is 15.3 Å². The first kappa shape index (κ1) is 37.2. The molecule has 1 aliphatic rings. The molecule has 0 unspecified atom stereocenters. The topological polar surface area (TPSA) is 187 Å². The molecule has 262 valence electrons. The number of nitrogens with two attached hydrogens (primary N) is 1. The van der Waals surface area contributed by atoms with Crippen molar-refractivity contribution in [3.05, 3.63) is 111 Å². The molecule has 0 fully saturated rings. The second-order valence-electron chi connectivity index (χ2n) is 13.6. The summed E-state index contributed by atoms with van der Waals surface area (Å²) in [7, 11) is 0. The van der Waals surface area contributed by atoms with E-state index >= 15 is 0 Å². The third kappa shape index (κ3) is 8.71. The number of carbonyl (C=O) groups excluding carboxylic acids is 1. The van der Waals surface area contributed by atoms with E-state index in [4.69, 9.17) is 18.9 Å². The number of aromatic amines is 3. The van der Waals surface area contributed by atoms with Crippen LogP contribution in [0.5, 0.6) is 0 Å². The summed E-state index contributed by atoms with van der Waals surface area (Å²) in [6, 6.07) is 18.7. The molecule has 6 rings (SSSR count). The quantitative estimate of drug-likeness (QED) is 0.110. The zero-order valence-corrected chi connectivity index (χ0v) is 29.9. The lowest BCUT2D eigenvalue weighted by atomic mass is 9.91. The van der Waals surface area contributed by atoms with Crippen LogP contribution < -0.4 is 16.3 Å². The predicted octanol–water partition coefficient (Wildman–Crippen LogP) is 8.10. The van der Waals surface area contributed by atoms with Crippen LogP contribution in [0.3, 0.4) is 0 Å². The highest BCUT2D eigenvalue weighted by Gasteiger charge is 2.25. The fourth-order valence-electron chi connectivity index (χ4n) is 4.85. The number of nitrogen functional groups attached to an aromatic ring is 1. The zero-order chi connectivity index (χ0) is 37.5. The van der Waals surface area contributed by atoms with Gasteiger partial charge in [-0.3, -0.25) is 24.9 Å². The number of hydrazone groups is 1. The van der Waals surface area contributed by atoms with Crippen molar-refractivity contribution in [2.24, 2.45) is 15.3 Å². The van der Waals surface area contributed by atoms with Crippen molar-refractivity contribution in [3.8, 4) is 5.69 Å². The second-order valence-corrected chi connectivity index (χ2v) is 13.6. The number of rotatable bonds is 4. The summed E-state index contributed by atoms with van der Waals surface area (Å²) < 4.78 is 1.41. The Labute approximate surface area is 295 Å². The van der Waals surface area contributed by atoms with Gasteiger partial charge in [-0.05, 0) is 48.9 Å². The first-order valence-electron chi connectivity index (χ1n) is 16.0. The van der Waals surface area contributed by atoms with Crippen molar-refractivity contribution in [3.63, 3.8) is 0 Å².